The highest BCUT2D eigenvalue weighted by molar-refractivity contribution is 7.87. The Balaban J connectivity index is 4.80. The van der Waals surface area contributed by atoms with Crippen LogP contribution in [0.5, 0.6) is 0 Å². The average molecular weight is 256 g/mol. The Hall–Kier alpha value is -0.933. The molecule has 0 rings (SSSR count). The Bertz CT molecular complexity index is 346. The summed E-state index contributed by atoms with van der Waals surface area (Å²) in [4.78, 5) is 21.4. The van der Waals surface area contributed by atoms with Gasteiger partial charge in [0.1, 0.15) is 0 Å². The fourth-order valence-corrected chi connectivity index (χ4v) is 2.16. The molecule has 0 aromatic rings. The van der Waals surface area contributed by atoms with Crippen LogP contribution in [0.15, 0.2) is 0 Å². The maximum Gasteiger partial charge on any atom is 0.313 e. The van der Waals surface area contributed by atoms with E-state index in [2.05, 4.69) is 4.43 Å². The van der Waals surface area contributed by atoms with Crippen molar-refractivity contribution in [1.29, 1.82) is 0 Å². The summed E-state index contributed by atoms with van der Waals surface area (Å²) in [5, 5.41) is 6.32. The Morgan fingerprint density at radius 1 is 1.40 bits per heavy atom. The van der Waals surface area contributed by atoms with Gasteiger partial charge < -0.3 is 9.53 Å². The maximum absolute atomic E-state index is 11.1. The first-order valence-corrected chi connectivity index (χ1v) is 8.31. The minimum absolute atomic E-state index is 1.00. The van der Waals surface area contributed by atoms with Crippen LogP contribution in [-0.4, -0.2) is 44.3 Å². The highest BCUT2D eigenvalue weighted by Gasteiger charge is 2.35. The van der Waals surface area contributed by atoms with Crippen LogP contribution in [0.4, 0.5) is 0 Å². The summed E-state index contributed by atoms with van der Waals surface area (Å²) in [5.74, 6) is -2.71. The molecule has 0 saturated heterocycles. The van der Waals surface area contributed by atoms with Gasteiger partial charge in [-0.05, 0) is 13.1 Å². The van der Waals surface area contributed by atoms with E-state index in [1.54, 1.807) is 13.1 Å². The summed E-state index contributed by atoms with van der Waals surface area (Å²) in [6.45, 7) is 3.22. The molecule has 2 N–H and O–H groups in total. The summed E-state index contributed by atoms with van der Waals surface area (Å²) in [6, 6.07) is 0. The average Bonchev–Trinajstić information content (AvgIpc) is 1.95. The topological polar surface area (TPSA) is 118 Å². The minimum Gasteiger partial charge on any atom is -0.522 e. The molecule has 88 valence electrons. The summed E-state index contributed by atoms with van der Waals surface area (Å²) in [7, 11) is -6.56. The molecular formula is C6H12O7SSi. The standard InChI is InChI=1S/C6H12O7SSi/c1-15(2)13-6(9)4(3-5(7)8)14(10,11)12/h4,15H,3H2,1-2H3,(H,7,8)(H,10,11,12). The van der Waals surface area contributed by atoms with Crippen LogP contribution < -0.4 is 0 Å². The number of carboxylic acid groups (broad SMARTS) is 1. The predicted molar refractivity (Wildman–Crippen MR) is 52.6 cm³/mol. The van der Waals surface area contributed by atoms with E-state index in [-0.39, 0.29) is 0 Å². The maximum atomic E-state index is 11.1. The highest BCUT2D eigenvalue weighted by Crippen LogP contribution is 2.08. The van der Waals surface area contributed by atoms with Gasteiger partial charge in [-0.1, -0.05) is 0 Å². The van der Waals surface area contributed by atoms with E-state index in [1.165, 1.54) is 0 Å². The largest absolute Gasteiger partial charge is 0.522 e. The molecule has 0 bridgehead atoms. The second-order valence-electron chi connectivity index (χ2n) is 3.09. The molecule has 9 heteroatoms. The second-order valence-corrected chi connectivity index (χ2v) is 7.02. The number of carboxylic acids is 1. The van der Waals surface area contributed by atoms with E-state index in [9.17, 15) is 18.0 Å². The monoisotopic (exact) mass is 256 g/mol. The summed E-state index contributed by atoms with van der Waals surface area (Å²) >= 11 is 0. The van der Waals surface area contributed by atoms with E-state index in [4.69, 9.17) is 9.66 Å². The number of carbonyl (C=O) groups is 2. The predicted octanol–water partition coefficient (Wildman–Crippen LogP) is -0.756. The van der Waals surface area contributed by atoms with Gasteiger partial charge in [-0.3, -0.25) is 14.1 Å². The molecule has 0 spiro atoms. The Morgan fingerprint density at radius 2 is 1.87 bits per heavy atom. The molecule has 15 heavy (non-hydrogen) atoms. The first-order chi connectivity index (χ1) is 6.64. The second kappa shape index (κ2) is 5.23. The fraction of sp³-hybridized carbons (Fsp3) is 0.667. The van der Waals surface area contributed by atoms with Crippen LogP contribution in [0.3, 0.4) is 0 Å². The summed E-state index contributed by atoms with van der Waals surface area (Å²) in [6.07, 6.45) is -1.00. The molecule has 0 aliphatic carbocycles. The van der Waals surface area contributed by atoms with Gasteiger partial charge >= 0.3 is 11.9 Å². The third kappa shape index (κ3) is 5.49. The highest BCUT2D eigenvalue weighted by atomic mass is 32.2. The van der Waals surface area contributed by atoms with Crippen LogP contribution in [0.1, 0.15) is 6.42 Å². The van der Waals surface area contributed by atoms with Crippen molar-refractivity contribution in [3.63, 3.8) is 0 Å². The molecule has 0 fully saturated rings. The Labute approximate surface area is 88.5 Å². The molecule has 0 aliphatic rings. The van der Waals surface area contributed by atoms with Crippen LogP contribution in [0.2, 0.25) is 13.1 Å². The van der Waals surface area contributed by atoms with Crippen molar-refractivity contribution in [3.8, 4) is 0 Å². The van der Waals surface area contributed by atoms with Crippen molar-refractivity contribution in [3.05, 3.63) is 0 Å². The number of aliphatic carboxylic acids is 1. The van der Waals surface area contributed by atoms with E-state index < -0.39 is 42.8 Å². The molecule has 0 radical (unpaired) electrons. The Morgan fingerprint density at radius 3 is 2.13 bits per heavy atom. The molecular weight excluding hydrogens is 244 g/mol. The van der Waals surface area contributed by atoms with E-state index in [0.717, 1.165) is 0 Å². The molecule has 0 aliphatic heterocycles. The molecule has 0 heterocycles. The zero-order valence-corrected chi connectivity index (χ0v) is 10.2. The zero-order chi connectivity index (χ0) is 12.2. The molecule has 0 amide bonds. The van der Waals surface area contributed by atoms with Gasteiger partial charge in [0.25, 0.3) is 10.1 Å². The van der Waals surface area contributed by atoms with Gasteiger partial charge in [0.15, 0.2) is 5.25 Å². The lowest BCUT2D eigenvalue weighted by molar-refractivity contribution is -0.142. The smallest absolute Gasteiger partial charge is 0.313 e. The normalized spacial score (nSPS) is 13.6. The minimum atomic E-state index is -4.74. The lowest BCUT2D eigenvalue weighted by Crippen LogP contribution is -2.36. The molecule has 7 nitrogen and oxygen atoms in total. The van der Waals surface area contributed by atoms with Crippen molar-refractivity contribution in [2.45, 2.75) is 24.8 Å². The van der Waals surface area contributed by atoms with Crippen molar-refractivity contribution in [2.24, 2.45) is 0 Å². The van der Waals surface area contributed by atoms with Crippen LogP contribution in [0, 0.1) is 0 Å². The zero-order valence-electron chi connectivity index (χ0n) is 8.21. The Kier molecular flexibility index (Phi) is 4.91. The number of carbonyl (C=O) groups excluding carboxylic acids is 1. The molecule has 0 aromatic carbocycles. The molecule has 0 saturated carbocycles. The quantitative estimate of drug-likeness (QED) is 0.490. The third-order valence-electron chi connectivity index (χ3n) is 1.33. The molecule has 1 unspecified atom stereocenters. The van der Waals surface area contributed by atoms with Crippen molar-refractivity contribution >= 4 is 31.1 Å². The third-order valence-corrected chi connectivity index (χ3v) is 3.12. The van der Waals surface area contributed by atoms with Gasteiger partial charge in [0, 0.05) is 0 Å². The van der Waals surface area contributed by atoms with Gasteiger partial charge in [-0.15, -0.1) is 0 Å². The van der Waals surface area contributed by atoms with Gasteiger partial charge in [-0.25, -0.2) is 0 Å². The number of hydrogen-bond acceptors (Lipinski definition) is 5. The van der Waals surface area contributed by atoms with Crippen LogP contribution >= 0.6 is 0 Å². The van der Waals surface area contributed by atoms with E-state index in [1.807, 2.05) is 0 Å². The van der Waals surface area contributed by atoms with E-state index in [0.29, 0.717) is 0 Å². The van der Waals surface area contributed by atoms with Crippen molar-refractivity contribution in [2.75, 3.05) is 0 Å². The fourth-order valence-electron chi connectivity index (χ4n) is 0.777. The van der Waals surface area contributed by atoms with Gasteiger partial charge in [0.2, 0.25) is 9.04 Å². The van der Waals surface area contributed by atoms with Crippen LogP contribution in [0.25, 0.3) is 0 Å². The van der Waals surface area contributed by atoms with Crippen molar-refractivity contribution in [1.82, 2.24) is 0 Å². The van der Waals surface area contributed by atoms with Gasteiger partial charge in [-0.2, -0.15) is 8.42 Å². The van der Waals surface area contributed by atoms with Crippen molar-refractivity contribution < 1.29 is 32.1 Å². The lowest BCUT2D eigenvalue weighted by atomic mass is 10.3. The van der Waals surface area contributed by atoms with Gasteiger partial charge in [0.05, 0.1) is 6.42 Å². The summed E-state index contributed by atoms with van der Waals surface area (Å²) in [5.41, 5.74) is 0. The lowest BCUT2D eigenvalue weighted by Gasteiger charge is -2.13. The molecule has 1 atom stereocenters. The number of rotatable bonds is 5. The first-order valence-electron chi connectivity index (χ1n) is 4.03. The first kappa shape index (κ1) is 14.1. The number of hydrogen-bond donors (Lipinski definition) is 2. The van der Waals surface area contributed by atoms with Crippen LogP contribution in [-0.2, 0) is 24.1 Å². The molecule has 0 aromatic heterocycles. The summed E-state index contributed by atoms with van der Waals surface area (Å²) < 4.78 is 34.7. The SMILES string of the molecule is C[SiH](C)OC(=O)C(CC(=O)O)S(=O)(=O)O. The van der Waals surface area contributed by atoms with E-state index >= 15 is 0 Å².